The highest BCUT2D eigenvalue weighted by molar-refractivity contribution is 7.13. The topological polar surface area (TPSA) is 89.0 Å². The molecule has 2 aromatic rings. The number of thiazole rings is 1. The van der Waals surface area contributed by atoms with Crippen molar-refractivity contribution < 1.29 is 24.2 Å². The molecule has 3 heterocycles. The number of carbonyl (C=O) groups excluding carboxylic acids is 1. The molecule has 0 spiro atoms. The lowest BCUT2D eigenvalue weighted by Gasteiger charge is -2.20. The van der Waals surface area contributed by atoms with E-state index in [1.165, 1.54) is 16.2 Å². The van der Waals surface area contributed by atoms with Crippen LogP contribution in [0, 0.1) is 0 Å². The highest BCUT2D eigenvalue weighted by Crippen LogP contribution is 2.36. The molecular weight excluding hydrogens is 332 g/mol. The summed E-state index contributed by atoms with van der Waals surface area (Å²) in [5, 5.41) is 11.6. The summed E-state index contributed by atoms with van der Waals surface area (Å²) in [6.45, 7) is 0.651. The lowest BCUT2D eigenvalue weighted by molar-refractivity contribution is -0.141. The molecule has 0 saturated carbocycles. The Kier molecular flexibility index (Phi) is 3.61. The second-order valence-corrected chi connectivity index (χ2v) is 6.46. The number of likely N-dealkylation sites (tertiary alicyclic amines) is 1. The van der Waals surface area contributed by atoms with E-state index < -0.39 is 12.0 Å². The average molecular weight is 346 g/mol. The Hall–Kier alpha value is -2.61. The van der Waals surface area contributed by atoms with E-state index in [2.05, 4.69) is 4.98 Å². The molecule has 1 atom stereocenters. The van der Waals surface area contributed by atoms with Gasteiger partial charge in [0, 0.05) is 17.5 Å². The van der Waals surface area contributed by atoms with E-state index in [0.29, 0.717) is 35.9 Å². The van der Waals surface area contributed by atoms with Crippen LogP contribution in [0.15, 0.2) is 23.6 Å². The van der Waals surface area contributed by atoms with Gasteiger partial charge < -0.3 is 19.5 Å². The van der Waals surface area contributed by atoms with E-state index in [0.717, 1.165) is 5.56 Å². The van der Waals surface area contributed by atoms with Crippen LogP contribution in [-0.4, -0.2) is 46.2 Å². The van der Waals surface area contributed by atoms with Gasteiger partial charge in [-0.2, -0.15) is 0 Å². The number of hydrogen-bond acceptors (Lipinski definition) is 6. The number of carboxylic acids is 1. The zero-order valence-corrected chi connectivity index (χ0v) is 13.4. The molecule has 24 heavy (non-hydrogen) atoms. The fourth-order valence-corrected chi connectivity index (χ4v) is 3.74. The second kappa shape index (κ2) is 5.79. The summed E-state index contributed by atoms with van der Waals surface area (Å²) in [6.07, 6.45) is 1.18. The molecule has 1 saturated heterocycles. The zero-order chi connectivity index (χ0) is 16.7. The summed E-state index contributed by atoms with van der Waals surface area (Å²) >= 11 is 1.34. The van der Waals surface area contributed by atoms with Crippen LogP contribution in [0.2, 0.25) is 0 Å². The predicted molar refractivity (Wildman–Crippen MR) is 85.4 cm³/mol. The number of amides is 1. The van der Waals surface area contributed by atoms with E-state index in [4.69, 9.17) is 9.47 Å². The first kappa shape index (κ1) is 14.9. The van der Waals surface area contributed by atoms with Crippen LogP contribution in [0.1, 0.15) is 23.3 Å². The maximum atomic E-state index is 12.6. The summed E-state index contributed by atoms with van der Waals surface area (Å²) in [4.78, 5) is 29.6. The maximum absolute atomic E-state index is 12.6. The molecule has 7 nitrogen and oxygen atoms in total. The van der Waals surface area contributed by atoms with Crippen molar-refractivity contribution in [3.8, 4) is 22.1 Å². The lowest BCUT2D eigenvalue weighted by atomic mass is 10.2. The molecular formula is C16H14N2O5S. The van der Waals surface area contributed by atoms with Crippen molar-refractivity contribution in [1.29, 1.82) is 0 Å². The van der Waals surface area contributed by atoms with Crippen molar-refractivity contribution in [1.82, 2.24) is 9.88 Å². The summed E-state index contributed by atoms with van der Waals surface area (Å²) in [6, 6.07) is 4.73. The van der Waals surface area contributed by atoms with Crippen molar-refractivity contribution in [2.75, 3.05) is 13.3 Å². The second-order valence-electron chi connectivity index (χ2n) is 5.60. The number of nitrogens with zero attached hydrogens (tertiary/aromatic N) is 2. The summed E-state index contributed by atoms with van der Waals surface area (Å²) in [7, 11) is 0. The van der Waals surface area contributed by atoms with E-state index in [9.17, 15) is 14.7 Å². The molecule has 0 unspecified atom stereocenters. The van der Waals surface area contributed by atoms with Gasteiger partial charge >= 0.3 is 5.97 Å². The van der Waals surface area contributed by atoms with Gasteiger partial charge in [-0.05, 0) is 31.0 Å². The van der Waals surface area contributed by atoms with Gasteiger partial charge in [0.05, 0.1) is 0 Å². The van der Waals surface area contributed by atoms with Crippen LogP contribution in [0.5, 0.6) is 11.5 Å². The van der Waals surface area contributed by atoms with Crippen LogP contribution in [0.4, 0.5) is 0 Å². The Labute approximate surface area is 141 Å². The highest BCUT2D eigenvalue weighted by atomic mass is 32.1. The van der Waals surface area contributed by atoms with Crippen LogP contribution < -0.4 is 9.47 Å². The molecule has 124 valence electrons. The SMILES string of the molecule is O=C(O)[C@H]1CCCN1C(=O)c1csc(-c2ccc3c(c2)OCO3)n1. The number of benzene rings is 1. The lowest BCUT2D eigenvalue weighted by Crippen LogP contribution is -2.40. The Bertz CT molecular complexity index is 819. The van der Waals surface area contributed by atoms with Crippen LogP contribution in [0.25, 0.3) is 10.6 Å². The molecule has 1 amide bonds. The third-order valence-electron chi connectivity index (χ3n) is 4.14. The van der Waals surface area contributed by atoms with Crippen molar-refractivity contribution in [2.45, 2.75) is 18.9 Å². The van der Waals surface area contributed by atoms with E-state index in [1.807, 2.05) is 18.2 Å². The highest BCUT2D eigenvalue weighted by Gasteiger charge is 2.35. The number of carbonyl (C=O) groups is 2. The summed E-state index contributed by atoms with van der Waals surface area (Å²) < 4.78 is 10.6. The number of carboxylic acid groups (broad SMARTS) is 1. The largest absolute Gasteiger partial charge is 0.480 e. The first-order valence-electron chi connectivity index (χ1n) is 7.53. The number of rotatable bonds is 3. The van der Waals surface area contributed by atoms with Gasteiger partial charge in [0.1, 0.15) is 16.7 Å². The number of aliphatic carboxylic acids is 1. The molecule has 1 aromatic heterocycles. The number of aromatic nitrogens is 1. The Morgan fingerprint density at radius 3 is 2.96 bits per heavy atom. The minimum absolute atomic E-state index is 0.200. The van der Waals surface area contributed by atoms with Crippen LogP contribution in [-0.2, 0) is 4.79 Å². The van der Waals surface area contributed by atoms with E-state index >= 15 is 0 Å². The van der Waals surface area contributed by atoms with E-state index in [-0.39, 0.29) is 18.4 Å². The molecule has 2 aliphatic heterocycles. The van der Waals surface area contributed by atoms with Gasteiger partial charge in [-0.1, -0.05) is 0 Å². The molecule has 0 bridgehead atoms. The maximum Gasteiger partial charge on any atom is 0.326 e. The van der Waals surface area contributed by atoms with Crippen molar-refractivity contribution in [3.05, 3.63) is 29.3 Å². The summed E-state index contributed by atoms with van der Waals surface area (Å²) in [5.41, 5.74) is 1.11. The number of hydrogen-bond donors (Lipinski definition) is 1. The Morgan fingerprint density at radius 1 is 1.29 bits per heavy atom. The first-order chi connectivity index (χ1) is 11.6. The molecule has 0 aliphatic carbocycles. The van der Waals surface area contributed by atoms with Crippen molar-refractivity contribution >= 4 is 23.2 Å². The quantitative estimate of drug-likeness (QED) is 0.917. The fraction of sp³-hybridized carbons (Fsp3) is 0.312. The molecule has 8 heteroatoms. The zero-order valence-electron chi connectivity index (χ0n) is 12.6. The van der Waals surface area contributed by atoms with Gasteiger partial charge in [-0.3, -0.25) is 4.79 Å². The molecule has 1 aromatic carbocycles. The smallest absolute Gasteiger partial charge is 0.326 e. The predicted octanol–water partition coefficient (Wildman–Crippen LogP) is 2.23. The van der Waals surface area contributed by atoms with Gasteiger partial charge in [0.2, 0.25) is 6.79 Å². The molecule has 2 aliphatic rings. The van der Waals surface area contributed by atoms with Gasteiger partial charge in [-0.15, -0.1) is 11.3 Å². The monoisotopic (exact) mass is 346 g/mol. The Balaban J connectivity index is 1.58. The minimum atomic E-state index is -0.966. The van der Waals surface area contributed by atoms with Crippen molar-refractivity contribution in [3.63, 3.8) is 0 Å². The molecule has 1 fully saturated rings. The van der Waals surface area contributed by atoms with Gasteiger partial charge in [-0.25, -0.2) is 9.78 Å². The third kappa shape index (κ3) is 2.48. The third-order valence-corrected chi connectivity index (χ3v) is 5.03. The normalized spacial score (nSPS) is 18.8. The first-order valence-corrected chi connectivity index (χ1v) is 8.41. The standard InChI is InChI=1S/C16H14N2O5S/c19-15(18-5-1-2-11(18)16(20)21)10-7-24-14(17-10)9-3-4-12-13(6-9)23-8-22-12/h3-4,6-7,11H,1-2,5,8H2,(H,20,21)/t11-/m1/s1. The average Bonchev–Trinajstić information content (AvgIpc) is 3.31. The van der Waals surface area contributed by atoms with Gasteiger partial charge in [0.25, 0.3) is 5.91 Å². The molecule has 0 radical (unpaired) electrons. The van der Waals surface area contributed by atoms with Gasteiger partial charge in [0.15, 0.2) is 11.5 Å². The Morgan fingerprint density at radius 2 is 2.12 bits per heavy atom. The molecule has 4 rings (SSSR count). The molecule has 1 N–H and O–H groups in total. The van der Waals surface area contributed by atoms with Crippen LogP contribution in [0.3, 0.4) is 0 Å². The minimum Gasteiger partial charge on any atom is -0.480 e. The van der Waals surface area contributed by atoms with Crippen molar-refractivity contribution in [2.24, 2.45) is 0 Å². The van der Waals surface area contributed by atoms with Crippen LogP contribution >= 0.6 is 11.3 Å². The van der Waals surface area contributed by atoms with E-state index in [1.54, 1.807) is 5.38 Å². The summed E-state index contributed by atoms with van der Waals surface area (Å²) in [5.74, 6) is 0.0456. The number of fused-ring (bicyclic) bond motifs is 1. The fourth-order valence-electron chi connectivity index (χ4n) is 2.95. The number of ether oxygens (including phenoxy) is 2.